The molecule has 1 heterocycles. The molecule has 0 bridgehead atoms. The number of ketones is 1. The summed E-state index contributed by atoms with van der Waals surface area (Å²) in [5, 5.41) is 19.5. The lowest BCUT2D eigenvalue weighted by Crippen LogP contribution is -2.23. The summed E-state index contributed by atoms with van der Waals surface area (Å²) in [7, 11) is 1.59. The maximum atomic E-state index is 13.2. The van der Waals surface area contributed by atoms with Crippen LogP contribution in [0, 0.1) is 0 Å². The molecule has 5 nitrogen and oxygen atoms in total. The first kappa shape index (κ1) is 17.7. The third-order valence-electron chi connectivity index (χ3n) is 4.61. The molecule has 1 atom stereocenters. The van der Waals surface area contributed by atoms with Gasteiger partial charge in [0.2, 0.25) is 0 Å². The summed E-state index contributed by atoms with van der Waals surface area (Å²) < 4.78 is 11.3. The van der Waals surface area contributed by atoms with Crippen molar-refractivity contribution in [3.63, 3.8) is 0 Å². The Labute approximate surface area is 162 Å². The summed E-state index contributed by atoms with van der Waals surface area (Å²) in [4.78, 5) is 13.2. The molecule has 1 aliphatic heterocycles. The summed E-state index contributed by atoms with van der Waals surface area (Å²) in [5.41, 5.74) is 2.18. The zero-order valence-corrected chi connectivity index (χ0v) is 15.1. The van der Waals surface area contributed by atoms with Crippen molar-refractivity contribution in [3.05, 3.63) is 89.0 Å². The van der Waals surface area contributed by atoms with Crippen LogP contribution in [0.15, 0.2) is 72.3 Å². The van der Waals surface area contributed by atoms with Crippen LogP contribution in [0.1, 0.15) is 27.6 Å². The lowest BCUT2D eigenvalue weighted by atomic mass is 9.89. The van der Waals surface area contributed by atoms with Crippen LogP contribution in [0.25, 0.3) is 6.08 Å². The Morgan fingerprint density at radius 2 is 1.71 bits per heavy atom. The van der Waals surface area contributed by atoms with Gasteiger partial charge in [-0.05, 0) is 59.7 Å². The number of rotatable bonds is 3. The first-order chi connectivity index (χ1) is 13.5. The van der Waals surface area contributed by atoms with Crippen molar-refractivity contribution < 1.29 is 24.5 Å². The first-order valence-electron chi connectivity index (χ1n) is 8.74. The number of carbonyl (C=O) groups is 1. The highest BCUT2D eigenvalue weighted by atomic mass is 16.5. The maximum Gasteiger partial charge on any atom is 0.196 e. The minimum absolute atomic E-state index is 0.00435. The van der Waals surface area contributed by atoms with E-state index in [1.165, 1.54) is 12.1 Å². The number of methoxy groups -OCH3 is 1. The minimum atomic E-state index is -0.627. The molecule has 0 saturated heterocycles. The van der Waals surface area contributed by atoms with Gasteiger partial charge < -0.3 is 19.7 Å². The molecule has 3 aromatic carbocycles. The number of hydrogen-bond donors (Lipinski definition) is 2. The Morgan fingerprint density at radius 1 is 0.964 bits per heavy atom. The third kappa shape index (κ3) is 3.30. The van der Waals surface area contributed by atoms with Crippen molar-refractivity contribution in [2.45, 2.75) is 6.10 Å². The van der Waals surface area contributed by atoms with Gasteiger partial charge >= 0.3 is 0 Å². The lowest BCUT2D eigenvalue weighted by Gasteiger charge is -2.28. The number of carbonyl (C=O) groups excluding carboxylic acids is 1. The molecule has 1 unspecified atom stereocenters. The number of phenolic OH excluding ortho intramolecular Hbond substituents is 2. The SMILES string of the molecule is COc1ccc(C2Oc3ccc(O)cc3C(=O)C2=Cc2cccc(O)c2)cc1. The Bertz CT molecular complexity index is 1070. The van der Waals surface area contributed by atoms with E-state index in [2.05, 4.69) is 0 Å². The van der Waals surface area contributed by atoms with Gasteiger partial charge in [-0.2, -0.15) is 0 Å². The van der Waals surface area contributed by atoms with E-state index in [0.717, 1.165) is 5.56 Å². The van der Waals surface area contributed by atoms with Crippen molar-refractivity contribution in [1.29, 1.82) is 0 Å². The van der Waals surface area contributed by atoms with Crippen LogP contribution in [0.2, 0.25) is 0 Å². The van der Waals surface area contributed by atoms with Gasteiger partial charge in [-0.15, -0.1) is 0 Å². The Balaban J connectivity index is 1.85. The molecule has 0 radical (unpaired) electrons. The van der Waals surface area contributed by atoms with Gasteiger partial charge in [0.1, 0.15) is 23.0 Å². The van der Waals surface area contributed by atoms with Gasteiger partial charge in [-0.25, -0.2) is 0 Å². The lowest BCUT2D eigenvalue weighted by molar-refractivity contribution is 0.0963. The minimum Gasteiger partial charge on any atom is -0.508 e. The number of Topliss-reactive ketones (excluding diaryl/α,β-unsaturated/α-hetero) is 1. The fourth-order valence-corrected chi connectivity index (χ4v) is 3.22. The molecule has 3 aromatic rings. The summed E-state index contributed by atoms with van der Waals surface area (Å²) in [6.07, 6.45) is 1.07. The molecular weight excluding hydrogens is 356 g/mol. The van der Waals surface area contributed by atoms with Crippen LogP contribution in [-0.4, -0.2) is 23.1 Å². The van der Waals surface area contributed by atoms with Crippen LogP contribution in [0.4, 0.5) is 0 Å². The summed E-state index contributed by atoms with van der Waals surface area (Å²) in [6.45, 7) is 0. The predicted molar refractivity (Wildman–Crippen MR) is 105 cm³/mol. The molecule has 0 aromatic heterocycles. The van der Waals surface area contributed by atoms with Gasteiger partial charge in [-0.3, -0.25) is 4.79 Å². The van der Waals surface area contributed by atoms with Crippen molar-refractivity contribution in [2.24, 2.45) is 0 Å². The summed E-state index contributed by atoms with van der Waals surface area (Å²) in [5.74, 6) is 0.987. The van der Waals surface area contributed by atoms with E-state index in [1.807, 2.05) is 24.3 Å². The third-order valence-corrected chi connectivity index (χ3v) is 4.61. The summed E-state index contributed by atoms with van der Waals surface area (Å²) >= 11 is 0. The largest absolute Gasteiger partial charge is 0.508 e. The number of phenols is 2. The molecule has 140 valence electrons. The monoisotopic (exact) mass is 374 g/mol. The number of fused-ring (bicyclic) bond motifs is 1. The van der Waals surface area contributed by atoms with E-state index >= 15 is 0 Å². The Morgan fingerprint density at radius 3 is 2.43 bits per heavy atom. The number of hydrogen-bond acceptors (Lipinski definition) is 5. The molecular formula is C23H18O5. The van der Waals surface area contributed by atoms with Crippen LogP contribution < -0.4 is 9.47 Å². The van der Waals surface area contributed by atoms with E-state index in [9.17, 15) is 15.0 Å². The zero-order chi connectivity index (χ0) is 19.7. The van der Waals surface area contributed by atoms with E-state index in [1.54, 1.807) is 43.5 Å². The highest BCUT2D eigenvalue weighted by Gasteiger charge is 2.33. The van der Waals surface area contributed by atoms with E-state index in [0.29, 0.717) is 28.2 Å². The molecule has 0 fully saturated rings. The van der Waals surface area contributed by atoms with Gasteiger partial charge in [-0.1, -0.05) is 24.3 Å². The van der Waals surface area contributed by atoms with E-state index < -0.39 is 6.10 Å². The zero-order valence-electron chi connectivity index (χ0n) is 15.1. The smallest absolute Gasteiger partial charge is 0.196 e. The molecule has 4 rings (SSSR count). The van der Waals surface area contributed by atoms with Crippen LogP contribution in [0.5, 0.6) is 23.0 Å². The van der Waals surface area contributed by atoms with E-state index in [4.69, 9.17) is 9.47 Å². The quantitative estimate of drug-likeness (QED) is 0.660. The van der Waals surface area contributed by atoms with Gasteiger partial charge in [0.15, 0.2) is 11.9 Å². The van der Waals surface area contributed by atoms with Crippen LogP contribution in [-0.2, 0) is 0 Å². The van der Waals surface area contributed by atoms with E-state index in [-0.39, 0.29) is 17.3 Å². The van der Waals surface area contributed by atoms with Crippen molar-refractivity contribution in [2.75, 3.05) is 7.11 Å². The number of benzene rings is 3. The molecule has 2 N–H and O–H groups in total. The Kier molecular flexibility index (Phi) is 4.49. The average molecular weight is 374 g/mol. The van der Waals surface area contributed by atoms with Gasteiger partial charge in [0, 0.05) is 5.57 Å². The fourth-order valence-electron chi connectivity index (χ4n) is 3.22. The Hall–Kier alpha value is -3.73. The molecule has 5 heteroatoms. The molecule has 0 saturated carbocycles. The molecule has 1 aliphatic rings. The first-order valence-corrected chi connectivity index (χ1v) is 8.74. The number of aromatic hydroxyl groups is 2. The fraction of sp³-hybridized carbons (Fsp3) is 0.0870. The maximum absolute atomic E-state index is 13.2. The van der Waals surface area contributed by atoms with Gasteiger partial charge in [0.25, 0.3) is 0 Å². The molecule has 0 amide bonds. The van der Waals surface area contributed by atoms with Crippen LogP contribution >= 0.6 is 0 Å². The molecule has 0 aliphatic carbocycles. The second-order valence-electron chi connectivity index (χ2n) is 6.48. The highest BCUT2D eigenvalue weighted by molar-refractivity contribution is 6.14. The second kappa shape index (κ2) is 7.12. The van der Waals surface area contributed by atoms with Crippen molar-refractivity contribution in [3.8, 4) is 23.0 Å². The highest BCUT2D eigenvalue weighted by Crippen LogP contribution is 2.40. The molecule has 28 heavy (non-hydrogen) atoms. The van der Waals surface area contributed by atoms with Crippen molar-refractivity contribution in [1.82, 2.24) is 0 Å². The van der Waals surface area contributed by atoms with Crippen molar-refractivity contribution >= 4 is 11.9 Å². The van der Waals surface area contributed by atoms with Gasteiger partial charge in [0.05, 0.1) is 12.7 Å². The number of ether oxygens (including phenoxy) is 2. The predicted octanol–water partition coefficient (Wildman–Crippen LogP) is 4.51. The average Bonchev–Trinajstić information content (AvgIpc) is 2.70. The second-order valence-corrected chi connectivity index (χ2v) is 6.48. The normalized spacial score (nSPS) is 17.1. The standard InChI is InChI=1S/C23H18O5/c1-27-18-8-5-15(6-9-18)23-20(12-14-3-2-4-16(24)11-14)22(26)19-13-17(25)7-10-21(19)28-23/h2-13,23-25H,1H3. The van der Waals surface area contributed by atoms with Crippen LogP contribution in [0.3, 0.4) is 0 Å². The molecule has 0 spiro atoms. The topological polar surface area (TPSA) is 76.0 Å². The summed E-state index contributed by atoms with van der Waals surface area (Å²) in [6, 6.07) is 18.4.